The van der Waals surface area contributed by atoms with Crippen molar-refractivity contribution < 1.29 is 18.3 Å². The Morgan fingerprint density at radius 3 is 2.67 bits per heavy atom. The van der Waals surface area contributed by atoms with E-state index in [9.17, 15) is 13.2 Å². The Labute approximate surface area is 126 Å². The molecular formula is C12H15N3O4S2. The number of nitrogens with zero attached hydrogens (tertiary/aromatic N) is 2. The van der Waals surface area contributed by atoms with Crippen molar-refractivity contribution >= 4 is 33.0 Å². The summed E-state index contributed by atoms with van der Waals surface area (Å²) >= 11 is 0.892. The van der Waals surface area contributed by atoms with Gasteiger partial charge in [0.2, 0.25) is 0 Å². The van der Waals surface area contributed by atoms with Gasteiger partial charge in [0.05, 0.1) is 11.9 Å². The van der Waals surface area contributed by atoms with Gasteiger partial charge in [0.15, 0.2) is 0 Å². The fraction of sp³-hybridized carbons (Fsp3) is 0.333. The van der Waals surface area contributed by atoms with E-state index in [1.165, 1.54) is 11.6 Å². The van der Waals surface area contributed by atoms with Crippen LogP contribution in [0.5, 0.6) is 0 Å². The van der Waals surface area contributed by atoms with Crippen LogP contribution in [0.1, 0.15) is 35.1 Å². The first-order valence-corrected chi connectivity index (χ1v) is 8.47. The summed E-state index contributed by atoms with van der Waals surface area (Å²) in [7, 11) is -3.96. The van der Waals surface area contributed by atoms with Crippen LogP contribution in [-0.4, -0.2) is 29.3 Å². The quantitative estimate of drug-likeness (QED) is 0.876. The maximum absolute atomic E-state index is 12.4. The molecule has 21 heavy (non-hydrogen) atoms. The van der Waals surface area contributed by atoms with E-state index in [1.807, 2.05) is 13.8 Å². The Morgan fingerprint density at radius 1 is 1.48 bits per heavy atom. The Bertz CT molecular complexity index is 774. The van der Waals surface area contributed by atoms with Crippen LogP contribution in [0, 0.1) is 6.92 Å². The van der Waals surface area contributed by atoms with Crippen molar-refractivity contribution in [3.8, 4) is 0 Å². The highest BCUT2D eigenvalue weighted by Gasteiger charge is 2.27. The number of aryl methyl sites for hydroxylation is 1. The highest BCUT2D eigenvalue weighted by molar-refractivity contribution is 7.93. The van der Waals surface area contributed by atoms with Crippen LogP contribution in [0.3, 0.4) is 0 Å². The highest BCUT2D eigenvalue weighted by atomic mass is 32.2. The van der Waals surface area contributed by atoms with Crippen LogP contribution in [0.4, 0.5) is 5.69 Å². The lowest BCUT2D eigenvalue weighted by Crippen LogP contribution is -2.16. The standard InChI is InChI=1S/C12H15N3O4S2/c1-7(2)15-5-9(4-13-15)14-21(18,19)11-8(3)6-20-10(11)12(16)17/h4-7,14H,1-3H3,(H,16,17). The first kappa shape index (κ1) is 15.5. The molecule has 0 atom stereocenters. The van der Waals surface area contributed by atoms with Crippen LogP contribution < -0.4 is 4.72 Å². The molecule has 2 N–H and O–H groups in total. The minimum absolute atomic E-state index is 0.0979. The molecule has 2 heterocycles. The van der Waals surface area contributed by atoms with E-state index in [1.54, 1.807) is 17.8 Å². The summed E-state index contributed by atoms with van der Waals surface area (Å²) < 4.78 is 28.7. The summed E-state index contributed by atoms with van der Waals surface area (Å²) in [6.07, 6.45) is 2.95. The van der Waals surface area contributed by atoms with Gasteiger partial charge in [-0.05, 0) is 31.7 Å². The molecule has 0 spiro atoms. The first-order valence-electron chi connectivity index (χ1n) is 6.10. The molecule has 0 aliphatic rings. The Balaban J connectivity index is 2.38. The predicted molar refractivity (Wildman–Crippen MR) is 79.4 cm³/mol. The third kappa shape index (κ3) is 3.08. The second-order valence-electron chi connectivity index (χ2n) is 4.79. The molecule has 0 aromatic carbocycles. The van der Waals surface area contributed by atoms with E-state index in [4.69, 9.17) is 5.11 Å². The molecule has 7 nitrogen and oxygen atoms in total. The number of thiophene rings is 1. The van der Waals surface area contributed by atoms with E-state index >= 15 is 0 Å². The van der Waals surface area contributed by atoms with Gasteiger partial charge < -0.3 is 5.11 Å². The summed E-state index contributed by atoms with van der Waals surface area (Å²) in [6, 6.07) is 0.0979. The molecule has 114 valence electrons. The fourth-order valence-electron chi connectivity index (χ4n) is 1.79. The number of sulfonamides is 1. The minimum atomic E-state index is -3.96. The SMILES string of the molecule is Cc1csc(C(=O)O)c1S(=O)(=O)Nc1cnn(C(C)C)c1. The van der Waals surface area contributed by atoms with E-state index in [0.29, 0.717) is 11.3 Å². The zero-order chi connectivity index (χ0) is 15.8. The minimum Gasteiger partial charge on any atom is -0.477 e. The van der Waals surface area contributed by atoms with E-state index in [-0.39, 0.29) is 15.8 Å². The molecule has 2 rings (SSSR count). The van der Waals surface area contributed by atoms with Crippen LogP contribution in [0.25, 0.3) is 0 Å². The molecular weight excluding hydrogens is 314 g/mol. The second kappa shape index (κ2) is 5.49. The third-order valence-electron chi connectivity index (χ3n) is 2.76. The predicted octanol–water partition coefficient (Wildman–Crippen LogP) is 2.33. The molecule has 2 aromatic heterocycles. The average molecular weight is 329 g/mol. The molecule has 0 radical (unpaired) electrons. The van der Waals surface area contributed by atoms with Gasteiger partial charge >= 0.3 is 5.97 Å². The van der Waals surface area contributed by atoms with Gasteiger partial charge in [0.1, 0.15) is 9.77 Å². The zero-order valence-corrected chi connectivity index (χ0v) is 13.3. The summed E-state index contributed by atoms with van der Waals surface area (Å²) in [4.78, 5) is 10.7. The summed E-state index contributed by atoms with van der Waals surface area (Å²) in [5, 5.41) is 14.6. The molecule has 9 heteroatoms. The molecule has 0 saturated heterocycles. The van der Waals surface area contributed by atoms with Gasteiger partial charge in [-0.2, -0.15) is 5.10 Å². The number of carboxylic acids is 1. The van der Waals surface area contributed by atoms with Crippen LogP contribution in [-0.2, 0) is 10.0 Å². The van der Waals surface area contributed by atoms with E-state index < -0.39 is 16.0 Å². The van der Waals surface area contributed by atoms with Gasteiger partial charge in [0.25, 0.3) is 10.0 Å². The van der Waals surface area contributed by atoms with Crippen LogP contribution >= 0.6 is 11.3 Å². The number of carbonyl (C=O) groups is 1. The molecule has 0 fully saturated rings. The number of carboxylic acid groups (broad SMARTS) is 1. The number of hydrogen-bond acceptors (Lipinski definition) is 5. The lowest BCUT2D eigenvalue weighted by Gasteiger charge is -2.07. The van der Waals surface area contributed by atoms with E-state index in [0.717, 1.165) is 11.3 Å². The van der Waals surface area contributed by atoms with Crippen molar-refractivity contribution in [1.82, 2.24) is 9.78 Å². The number of nitrogens with one attached hydrogen (secondary N) is 1. The number of aromatic nitrogens is 2. The maximum atomic E-state index is 12.4. The fourth-order valence-corrected chi connectivity index (χ4v) is 4.46. The lowest BCUT2D eigenvalue weighted by molar-refractivity contribution is 0.0698. The number of aromatic carboxylic acids is 1. The second-order valence-corrected chi connectivity index (χ2v) is 7.29. The van der Waals surface area contributed by atoms with Crippen molar-refractivity contribution in [1.29, 1.82) is 0 Å². The molecule has 0 unspecified atom stereocenters. The van der Waals surface area contributed by atoms with Crippen molar-refractivity contribution in [2.75, 3.05) is 4.72 Å². The van der Waals surface area contributed by atoms with Crippen molar-refractivity contribution in [2.45, 2.75) is 31.7 Å². The molecule has 0 saturated carbocycles. The van der Waals surface area contributed by atoms with E-state index in [2.05, 4.69) is 9.82 Å². The van der Waals surface area contributed by atoms with Gasteiger partial charge in [-0.1, -0.05) is 0 Å². The number of hydrogen-bond donors (Lipinski definition) is 2. The van der Waals surface area contributed by atoms with Crippen molar-refractivity contribution in [2.24, 2.45) is 0 Å². The normalized spacial score (nSPS) is 11.8. The molecule has 0 bridgehead atoms. The summed E-state index contributed by atoms with van der Waals surface area (Å²) in [6.45, 7) is 5.39. The Kier molecular flexibility index (Phi) is 4.06. The number of rotatable bonds is 5. The molecule has 2 aromatic rings. The van der Waals surface area contributed by atoms with Crippen LogP contribution in [0.2, 0.25) is 0 Å². The van der Waals surface area contributed by atoms with Crippen molar-refractivity contribution in [3.63, 3.8) is 0 Å². The van der Waals surface area contributed by atoms with Gasteiger partial charge in [-0.25, -0.2) is 13.2 Å². The molecule has 0 amide bonds. The first-order chi connectivity index (χ1) is 9.72. The zero-order valence-electron chi connectivity index (χ0n) is 11.7. The summed E-state index contributed by atoms with van der Waals surface area (Å²) in [5.41, 5.74) is 0.701. The topological polar surface area (TPSA) is 101 Å². The molecule has 0 aliphatic carbocycles. The van der Waals surface area contributed by atoms with Crippen molar-refractivity contribution in [3.05, 3.63) is 28.2 Å². The monoisotopic (exact) mass is 329 g/mol. The third-order valence-corrected chi connectivity index (χ3v) is 5.55. The largest absolute Gasteiger partial charge is 0.477 e. The smallest absolute Gasteiger partial charge is 0.347 e. The van der Waals surface area contributed by atoms with Gasteiger partial charge in [-0.15, -0.1) is 11.3 Å². The lowest BCUT2D eigenvalue weighted by atomic mass is 10.3. The van der Waals surface area contributed by atoms with Crippen LogP contribution in [0.15, 0.2) is 22.7 Å². The highest BCUT2D eigenvalue weighted by Crippen LogP contribution is 2.28. The average Bonchev–Trinajstić information content (AvgIpc) is 2.95. The maximum Gasteiger partial charge on any atom is 0.347 e. The Morgan fingerprint density at radius 2 is 2.14 bits per heavy atom. The van der Waals surface area contributed by atoms with Gasteiger partial charge in [-0.3, -0.25) is 9.40 Å². The van der Waals surface area contributed by atoms with Gasteiger partial charge in [0, 0.05) is 12.2 Å². The summed E-state index contributed by atoms with van der Waals surface area (Å²) in [5.74, 6) is -1.26. The number of anilines is 1. The molecule has 0 aliphatic heterocycles. The Hall–Kier alpha value is -1.87.